The monoisotopic (exact) mass is 248 g/mol. The number of rotatable bonds is 6. The molecule has 0 saturated heterocycles. The van der Waals surface area contributed by atoms with Crippen LogP contribution in [0.4, 0.5) is 0 Å². The zero-order valence-electron chi connectivity index (χ0n) is 11.6. The van der Waals surface area contributed by atoms with Crippen LogP contribution in [0.15, 0.2) is 18.2 Å². The Morgan fingerprint density at radius 2 is 2.11 bits per heavy atom. The molecular formula is C15H24N2O. The molecule has 0 saturated carbocycles. The number of hydrogen-bond donors (Lipinski definition) is 2. The van der Waals surface area contributed by atoms with Crippen molar-refractivity contribution in [2.45, 2.75) is 33.6 Å². The third-order valence-electron chi connectivity index (χ3n) is 3.39. The standard InChI is InChI=1S/C15H24N2O/c1-4-8-17-15(18)14(10-16)9-13-7-5-6-11(2)12(13)3/h5-7,14H,4,8-10,16H2,1-3H3,(H,17,18). The average molecular weight is 248 g/mol. The van der Waals surface area contributed by atoms with E-state index in [1.54, 1.807) is 0 Å². The van der Waals surface area contributed by atoms with Gasteiger partial charge in [-0.2, -0.15) is 0 Å². The zero-order chi connectivity index (χ0) is 13.5. The lowest BCUT2D eigenvalue weighted by atomic mass is 9.93. The Morgan fingerprint density at radius 3 is 2.72 bits per heavy atom. The molecule has 3 N–H and O–H groups in total. The molecule has 18 heavy (non-hydrogen) atoms. The van der Waals surface area contributed by atoms with Gasteiger partial charge in [0.2, 0.25) is 5.91 Å². The summed E-state index contributed by atoms with van der Waals surface area (Å²) in [5.41, 5.74) is 9.46. The molecular weight excluding hydrogens is 224 g/mol. The largest absolute Gasteiger partial charge is 0.356 e. The number of amides is 1. The fraction of sp³-hybridized carbons (Fsp3) is 0.533. The van der Waals surface area contributed by atoms with Crippen molar-refractivity contribution in [1.82, 2.24) is 5.32 Å². The van der Waals surface area contributed by atoms with Crippen LogP contribution >= 0.6 is 0 Å². The highest BCUT2D eigenvalue weighted by atomic mass is 16.1. The fourth-order valence-electron chi connectivity index (χ4n) is 1.97. The first-order chi connectivity index (χ1) is 8.60. The minimum absolute atomic E-state index is 0.0697. The van der Waals surface area contributed by atoms with E-state index in [2.05, 4.69) is 31.3 Å². The van der Waals surface area contributed by atoms with E-state index >= 15 is 0 Å². The average Bonchev–Trinajstić information content (AvgIpc) is 2.37. The lowest BCUT2D eigenvalue weighted by Gasteiger charge is -2.16. The fourth-order valence-corrected chi connectivity index (χ4v) is 1.97. The summed E-state index contributed by atoms with van der Waals surface area (Å²) in [6.45, 7) is 7.35. The highest BCUT2D eigenvalue weighted by Gasteiger charge is 2.17. The van der Waals surface area contributed by atoms with E-state index in [9.17, 15) is 4.79 Å². The lowest BCUT2D eigenvalue weighted by Crippen LogP contribution is -2.36. The van der Waals surface area contributed by atoms with Gasteiger partial charge in [0.1, 0.15) is 0 Å². The summed E-state index contributed by atoms with van der Waals surface area (Å²) in [6.07, 6.45) is 1.67. The van der Waals surface area contributed by atoms with E-state index in [1.807, 2.05) is 13.0 Å². The van der Waals surface area contributed by atoms with Crippen LogP contribution in [0.5, 0.6) is 0 Å². The van der Waals surface area contributed by atoms with E-state index in [0.29, 0.717) is 6.54 Å². The summed E-state index contributed by atoms with van der Waals surface area (Å²) in [4.78, 5) is 11.9. The third kappa shape index (κ3) is 3.84. The predicted molar refractivity (Wildman–Crippen MR) is 75.5 cm³/mol. The van der Waals surface area contributed by atoms with Gasteiger partial charge in [-0.05, 0) is 43.4 Å². The van der Waals surface area contributed by atoms with Crippen molar-refractivity contribution in [3.63, 3.8) is 0 Å². The van der Waals surface area contributed by atoms with Crippen molar-refractivity contribution >= 4 is 5.91 Å². The van der Waals surface area contributed by atoms with Gasteiger partial charge in [0.25, 0.3) is 0 Å². The predicted octanol–water partition coefficient (Wildman–Crippen LogP) is 1.95. The van der Waals surface area contributed by atoms with Crippen molar-refractivity contribution in [3.05, 3.63) is 34.9 Å². The molecule has 1 unspecified atom stereocenters. The Bertz CT molecular complexity index is 401. The van der Waals surface area contributed by atoms with Gasteiger partial charge in [0.15, 0.2) is 0 Å². The minimum atomic E-state index is -0.128. The van der Waals surface area contributed by atoms with Crippen molar-refractivity contribution in [3.8, 4) is 0 Å². The molecule has 0 aromatic heterocycles. The Kier molecular flexibility index (Phi) is 5.86. The van der Waals surface area contributed by atoms with Gasteiger partial charge in [-0.25, -0.2) is 0 Å². The maximum Gasteiger partial charge on any atom is 0.224 e. The lowest BCUT2D eigenvalue weighted by molar-refractivity contribution is -0.124. The van der Waals surface area contributed by atoms with E-state index in [-0.39, 0.29) is 11.8 Å². The molecule has 3 heteroatoms. The third-order valence-corrected chi connectivity index (χ3v) is 3.39. The Morgan fingerprint density at radius 1 is 1.39 bits per heavy atom. The summed E-state index contributed by atoms with van der Waals surface area (Å²) in [5, 5.41) is 2.92. The number of nitrogens with two attached hydrogens (primary N) is 1. The molecule has 1 aromatic carbocycles. The molecule has 0 aliphatic carbocycles. The normalized spacial score (nSPS) is 12.2. The number of benzene rings is 1. The van der Waals surface area contributed by atoms with Gasteiger partial charge in [0, 0.05) is 13.1 Å². The van der Waals surface area contributed by atoms with Crippen LogP contribution in [0.25, 0.3) is 0 Å². The second-order valence-electron chi connectivity index (χ2n) is 4.79. The molecule has 0 bridgehead atoms. The summed E-state index contributed by atoms with van der Waals surface area (Å²) < 4.78 is 0. The van der Waals surface area contributed by atoms with Crippen LogP contribution in [0.1, 0.15) is 30.0 Å². The van der Waals surface area contributed by atoms with E-state index in [4.69, 9.17) is 5.73 Å². The highest BCUT2D eigenvalue weighted by molar-refractivity contribution is 5.79. The molecule has 3 nitrogen and oxygen atoms in total. The molecule has 0 aliphatic rings. The first-order valence-corrected chi connectivity index (χ1v) is 6.63. The molecule has 0 aliphatic heterocycles. The summed E-state index contributed by atoms with van der Waals surface area (Å²) >= 11 is 0. The molecule has 100 valence electrons. The first kappa shape index (κ1) is 14.7. The van der Waals surface area contributed by atoms with E-state index < -0.39 is 0 Å². The number of carbonyl (C=O) groups is 1. The molecule has 1 aromatic rings. The van der Waals surface area contributed by atoms with Crippen molar-refractivity contribution in [2.24, 2.45) is 11.7 Å². The molecule has 1 amide bonds. The summed E-state index contributed by atoms with van der Waals surface area (Å²) in [6, 6.07) is 6.21. The maximum atomic E-state index is 11.9. The van der Waals surface area contributed by atoms with Crippen LogP contribution in [0.2, 0.25) is 0 Å². The van der Waals surface area contributed by atoms with Crippen LogP contribution in [-0.4, -0.2) is 19.0 Å². The topological polar surface area (TPSA) is 55.1 Å². The van der Waals surface area contributed by atoms with E-state index in [0.717, 1.165) is 19.4 Å². The smallest absolute Gasteiger partial charge is 0.224 e. The second kappa shape index (κ2) is 7.17. The summed E-state index contributed by atoms with van der Waals surface area (Å²) in [7, 11) is 0. The molecule has 0 fully saturated rings. The number of carbonyl (C=O) groups excluding carboxylic acids is 1. The Hall–Kier alpha value is -1.35. The van der Waals surface area contributed by atoms with Gasteiger partial charge in [-0.15, -0.1) is 0 Å². The molecule has 0 spiro atoms. The van der Waals surface area contributed by atoms with Gasteiger partial charge >= 0.3 is 0 Å². The Labute approximate surface area is 110 Å². The number of aryl methyl sites for hydroxylation is 1. The minimum Gasteiger partial charge on any atom is -0.356 e. The Balaban J connectivity index is 2.73. The van der Waals surface area contributed by atoms with Gasteiger partial charge in [-0.1, -0.05) is 25.1 Å². The van der Waals surface area contributed by atoms with E-state index in [1.165, 1.54) is 16.7 Å². The van der Waals surface area contributed by atoms with Crippen molar-refractivity contribution < 1.29 is 4.79 Å². The van der Waals surface area contributed by atoms with Crippen molar-refractivity contribution in [2.75, 3.05) is 13.1 Å². The van der Waals surface area contributed by atoms with Gasteiger partial charge in [0.05, 0.1) is 5.92 Å². The van der Waals surface area contributed by atoms with Gasteiger partial charge < -0.3 is 11.1 Å². The van der Waals surface area contributed by atoms with Crippen LogP contribution in [-0.2, 0) is 11.2 Å². The maximum absolute atomic E-state index is 11.9. The summed E-state index contributed by atoms with van der Waals surface area (Å²) in [5.74, 6) is -0.0580. The number of hydrogen-bond acceptors (Lipinski definition) is 2. The zero-order valence-corrected chi connectivity index (χ0v) is 11.6. The van der Waals surface area contributed by atoms with Crippen LogP contribution in [0.3, 0.4) is 0 Å². The van der Waals surface area contributed by atoms with Gasteiger partial charge in [-0.3, -0.25) is 4.79 Å². The molecule has 1 atom stereocenters. The van der Waals surface area contributed by atoms with Crippen LogP contribution in [0, 0.1) is 19.8 Å². The first-order valence-electron chi connectivity index (χ1n) is 6.63. The molecule has 0 radical (unpaired) electrons. The highest BCUT2D eigenvalue weighted by Crippen LogP contribution is 2.16. The SMILES string of the molecule is CCCNC(=O)C(CN)Cc1cccc(C)c1C. The quantitative estimate of drug-likeness (QED) is 0.808. The molecule has 0 heterocycles. The van der Waals surface area contributed by atoms with Crippen LogP contribution < -0.4 is 11.1 Å². The number of nitrogens with one attached hydrogen (secondary N) is 1. The molecule has 1 rings (SSSR count). The van der Waals surface area contributed by atoms with Crippen molar-refractivity contribution in [1.29, 1.82) is 0 Å². The second-order valence-corrected chi connectivity index (χ2v) is 4.79.